The lowest BCUT2D eigenvalue weighted by atomic mass is 10.2. The first-order valence-electron chi connectivity index (χ1n) is 8.94. The van der Waals surface area contributed by atoms with Gasteiger partial charge in [0.2, 0.25) is 15.2 Å². The van der Waals surface area contributed by atoms with E-state index in [2.05, 4.69) is 15.5 Å². The van der Waals surface area contributed by atoms with Crippen LogP contribution in [0.15, 0.2) is 70.0 Å². The molecule has 28 heavy (non-hydrogen) atoms. The fraction of sp³-hybridized carbons (Fsp3) is 0.200. The summed E-state index contributed by atoms with van der Waals surface area (Å²) in [4.78, 5) is 4.80. The summed E-state index contributed by atoms with van der Waals surface area (Å²) in [6, 6.07) is 16.6. The first-order chi connectivity index (χ1) is 13.5. The molecule has 3 aromatic rings. The van der Waals surface area contributed by atoms with Crippen LogP contribution >= 0.6 is 11.3 Å². The van der Waals surface area contributed by atoms with Gasteiger partial charge in [-0.1, -0.05) is 56.3 Å². The van der Waals surface area contributed by atoms with Gasteiger partial charge in [0.1, 0.15) is 0 Å². The van der Waals surface area contributed by atoms with Crippen LogP contribution in [0.5, 0.6) is 0 Å². The van der Waals surface area contributed by atoms with Gasteiger partial charge in [0.05, 0.1) is 16.8 Å². The van der Waals surface area contributed by atoms with Gasteiger partial charge in [0.15, 0.2) is 0 Å². The second kappa shape index (κ2) is 9.09. The Kier molecular flexibility index (Phi) is 6.56. The third-order valence-electron chi connectivity index (χ3n) is 4.17. The number of aromatic nitrogens is 1. The van der Waals surface area contributed by atoms with Crippen molar-refractivity contribution in [3.63, 3.8) is 0 Å². The number of nitrogens with zero attached hydrogens (tertiary/aromatic N) is 3. The molecule has 0 bridgehead atoms. The van der Waals surface area contributed by atoms with Crippen molar-refractivity contribution in [1.29, 1.82) is 0 Å². The summed E-state index contributed by atoms with van der Waals surface area (Å²) in [5.41, 5.74) is 5.55. The van der Waals surface area contributed by atoms with Gasteiger partial charge in [-0.15, -0.1) is 11.3 Å². The largest absolute Gasteiger partial charge is 0.253 e. The summed E-state index contributed by atoms with van der Waals surface area (Å²) in [7, 11) is -3.45. The van der Waals surface area contributed by atoms with E-state index in [1.54, 1.807) is 30.5 Å². The van der Waals surface area contributed by atoms with Crippen molar-refractivity contribution in [1.82, 2.24) is 9.29 Å². The fourth-order valence-corrected chi connectivity index (χ4v) is 4.80. The number of nitrogens with one attached hydrogen (secondary N) is 1. The maximum atomic E-state index is 12.6. The first kappa shape index (κ1) is 20.2. The Morgan fingerprint density at radius 3 is 2.39 bits per heavy atom. The van der Waals surface area contributed by atoms with E-state index in [1.165, 1.54) is 15.6 Å². The molecular formula is C20H22N4O2S2. The monoisotopic (exact) mass is 414 g/mol. The van der Waals surface area contributed by atoms with Crippen LogP contribution in [0.25, 0.3) is 11.3 Å². The fourth-order valence-electron chi connectivity index (χ4n) is 2.67. The zero-order valence-corrected chi connectivity index (χ0v) is 17.4. The van der Waals surface area contributed by atoms with E-state index in [0.29, 0.717) is 23.1 Å². The average Bonchev–Trinajstić information content (AvgIpc) is 3.18. The van der Waals surface area contributed by atoms with Crippen LogP contribution in [0, 0.1) is 0 Å². The predicted octanol–water partition coefficient (Wildman–Crippen LogP) is 4.29. The Labute approximate surface area is 169 Å². The Hall–Kier alpha value is -2.55. The van der Waals surface area contributed by atoms with Crippen molar-refractivity contribution in [3.8, 4) is 11.3 Å². The number of sulfonamides is 1. The van der Waals surface area contributed by atoms with E-state index in [-0.39, 0.29) is 0 Å². The van der Waals surface area contributed by atoms with Gasteiger partial charge in [-0.25, -0.2) is 13.4 Å². The lowest BCUT2D eigenvalue weighted by Crippen LogP contribution is -2.30. The van der Waals surface area contributed by atoms with E-state index in [1.807, 2.05) is 49.6 Å². The first-order valence-corrected chi connectivity index (χ1v) is 11.3. The molecule has 0 fully saturated rings. The normalized spacial score (nSPS) is 12.0. The molecule has 0 saturated heterocycles. The maximum Gasteiger partial charge on any atom is 0.243 e. The molecule has 0 unspecified atom stereocenters. The molecule has 2 aromatic carbocycles. The van der Waals surface area contributed by atoms with Crippen molar-refractivity contribution in [3.05, 3.63) is 65.5 Å². The minimum Gasteiger partial charge on any atom is -0.253 e. The number of hydrogen-bond donors (Lipinski definition) is 1. The molecule has 6 nitrogen and oxygen atoms in total. The number of hydrazone groups is 1. The molecule has 0 radical (unpaired) electrons. The van der Waals surface area contributed by atoms with Crippen LogP contribution < -0.4 is 5.43 Å². The lowest BCUT2D eigenvalue weighted by molar-refractivity contribution is 0.445. The second-order valence-corrected chi connectivity index (χ2v) is 8.73. The minimum absolute atomic E-state index is 0.293. The number of thiazole rings is 1. The van der Waals surface area contributed by atoms with Gasteiger partial charge >= 0.3 is 0 Å². The molecule has 8 heteroatoms. The predicted molar refractivity (Wildman–Crippen MR) is 115 cm³/mol. The lowest BCUT2D eigenvalue weighted by Gasteiger charge is -2.18. The molecule has 0 saturated carbocycles. The molecule has 0 aliphatic heterocycles. The molecule has 0 aliphatic carbocycles. The molecule has 1 N–H and O–H groups in total. The third kappa shape index (κ3) is 4.64. The molecule has 0 spiro atoms. The molecule has 146 valence electrons. The van der Waals surface area contributed by atoms with E-state index in [9.17, 15) is 8.42 Å². The summed E-state index contributed by atoms with van der Waals surface area (Å²) in [6.45, 7) is 4.56. The topological polar surface area (TPSA) is 74.7 Å². The Morgan fingerprint density at radius 1 is 1.07 bits per heavy atom. The van der Waals surface area contributed by atoms with E-state index in [4.69, 9.17) is 0 Å². The Bertz CT molecular complexity index is 1030. The van der Waals surface area contributed by atoms with Gasteiger partial charge < -0.3 is 0 Å². The molecule has 1 aromatic heterocycles. The van der Waals surface area contributed by atoms with Crippen molar-refractivity contribution < 1.29 is 8.42 Å². The Balaban J connectivity index is 1.71. The standard InChI is InChI=1S/C20H22N4O2S2/c1-3-24(4-2)28(25,26)18-12-10-17(11-13-18)19-15-27-20(22-19)23-21-14-16-8-6-5-7-9-16/h5-15H,3-4H2,1-2H3,(H,22,23). The SMILES string of the molecule is CCN(CC)S(=O)(=O)c1ccc(-c2csc(NN=Cc3ccccc3)n2)cc1. The smallest absolute Gasteiger partial charge is 0.243 e. The quantitative estimate of drug-likeness (QED) is 0.441. The van der Waals surface area contributed by atoms with Crippen molar-refractivity contribution >= 4 is 32.7 Å². The van der Waals surface area contributed by atoms with Crippen LogP contribution in [-0.4, -0.2) is 37.0 Å². The van der Waals surface area contributed by atoms with Gasteiger partial charge in [0, 0.05) is 24.0 Å². The van der Waals surface area contributed by atoms with Crippen molar-refractivity contribution in [2.24, 2.45) is 5.10 Å². The second-order valence-electron chi connectivity index (χ2n) is 5.93. The van der Waals surface area contributed by atoms with Gasteiger partial charge in [-0.05, 0) is 17.7 Å². The number of hydrogen-bond acceptors (Lipinski definition) is 6. The third-order valence-corrected chi connectivity index (χ3v) is 6.98. The zero-order chi connectivity index (χ0) is 20.0. The molecule has 0 amide bonds. The molecule has 0 atom stereocenters. The summed E-state index contributed by atoms with van der Waals surface area (Å²) < 4.78 is 26.6. The Morgan fingerprint density at radius 2 is 1.75 bits per heavy atom. The van der Waals surface area contributed by atoms with Crippen LogP contribution in [0.1, 0.15) is 19.4 Å². The highest BCUT2D eigenvalue weighted by Crippen LogP contribution is 2.26. The summed E-state index contributed by atoms with van der Waals surface area (Å²) in [5.74, 6) is 0. The highest BCUT2D eigenvalue weighted by molar-refractivity contribution is 7.89. The average molecular weight is 415 g/mol. The maximum absolute atomic E-state index is 12.6. The van der Waals surface area contributed by atoms with Crippen LogP contribution in [0.2, 0.25) is 0 Å². The van der Waals surface area contributed by atoms with Crippen molar-refractivity contribution in [2.45, 2.75) is 18.7 Å². The molecular weight excluding hydrogens is 392 g/mol. The summed E-state index contributed by atoms with van der Waals surface area (Å²) in [5, 5.41) is 6.77. The summed E-state index contributed by atoms with van der Waals surface area (Å²) in [6.07, 6.45) is 1.73. The van der Waals surface area contributed by atoms with Gasteiger partial charge in [-0.2, -0.15) is 9.41 Å². The molecule has 1 heterocycles. The number of benzene rings is 2. The van der Waals surface area contributed by atoms with Gasteiger partial charge in [0.25, 0.3) is 0 Å². The van der Waals surface area contributed by atoms with Crippen molar-refractivity contribution in [2.75, 3.05) is 18.5 Å². The van der Waals surface area contributed by atoms with E-state index in [0.717, 1.165) is 16.8 Å². The summed E-state index contributed by atoms with van der Waals surface area (Å²) >= 11 is 1.44. The minimum atomic E-state index is -3.45. The van der Waals surface area contributed by atoms with Gasteiger partial charge in [-0.3, -0.25) is 5.43 Å². The highest BCUT2D eigenvalue weighted by atomic mass is 32.2. The van der Waals surface area contributed by atoms with Crippen LogP contribution in [0.3, 0.4) is 0 Å². The number of rotatable bonds is 8. The van der Waals surface area contributed by atoms with Crippen LogP contribution in [0.4, 0.5) is 5.13 Å². The zero-order valence-electron chi connectivity index (χ0n) is 15.7. The number of anilines is 1. The van der Waals surface area contributed by atoms with E-state index < -0.39 is 10.0 Å². The van der Waals surface area contributed by atoms with E-state index >= 15 is 0 Å². The molecule has 0 aliphatic rings. The highest BCUT2D eigenvalue weighted by Gasteiger charge is 2.21. The van der Waals surface area contributed by atoms with Crippen LogP contribution in [-0.2, 0) is 10.0 Å². The molecule has 3 rings (SSSR count).